The topological polar surface area (TPSA) is 41.1 Å². The SMILES string of the molecule is CSC1CCCC(NC(=O)C2CNC2)C1. The third-order valence-electron chi connectivity index (χ3n) is 3.46. The van der Waals surface area contributed by atoms with E-state index in [2.05, 4.69) is 16.9 Å². The van der Waals surface area contributed by atoms with Crippen molar-refractivity contribution in [2.45, 2.75) is 37.0 Å². The van der Waals surface area contributed by atoms with Crippen molar-refractivity contribution in [2.24, 2.45) is 5.92 Å². The van der Waals surface area contributed by atoms with Gasteiger partial charge in [-0.25, -0.2) is 0 Å². The number of carbonyl (C=O) groups is 1. The zero-order valence-electron chi connectivity index (χ0n) is 9.29. The molecule has 1 aliphatic heterocycles. The summed E-state index contributed by atoms with van der Waals surface area (Å²) < 4.78 is 0. The fourth-order valence-corrected chi connectivity index (χ4v) is 3.11. The smallest absolute Gasteiger partial charge is 0.225 e. The van der Waals surface area contributed by atoms with Crippen molar-refractivity contribution in [1.29, 1.82) is 0 Å². The molecule has 1 heterocycles. The van der Waals surface area contributed by atoms with Gasteiger partial charge in [-0.2, -0.15) is 11.8 Å². The Morgan fingerprint density at radius 3 is 2.80 bits per heavy atom. The Morgan fingerprint density at radius 1 is 1.40 bits per heavy atom. The highest BCUT2D eigenvalue weighted by atomic mass is 32.2. The van der Waals surface area contributed by atoms with E-state index in [4.69, 9.17) is 0 Å². The number of carbonyl (C=O) groups excluding carboxylic acids is 1. The predicted molar refractivity (Wildman–Crippen MR) is 64.1 cm³/mol. The summed E-state index contributed by atoms with van der Waals surface area (Å²) in [6.07, 6.45) is 7.08. The summed E-state index contributed by atoms with van der Waals surface area (Å²) in [5.41, 5.74) is 0. The first kappa shape index (κ1) is 11.3. The monoisotopic (exact) mass is 228 g/mol. The number of amides is 1. The molecule has 0 bridgehead atoms. The molecule has 2 fully saturated rings. The quantitative estimate of drug-likeness (QED) is 0.757. The fraction of sp³-hybridized carbons (Fsp3) is 0.909. The van der Waals surface area contributed by atoms with Crippen molar-refractivity contribution in [3.8, 4) is 0 Å². The molecule has 0 radical (unpaired) electrons. The first-order valence-corrected chi connectivity index (χ1v) is 7.12. The summed E-state index contributed by atoms with van der Waals surface area (Å²) in [5, 5.41) is 7.08. The molecule has 1 aliphatic carbocycles. The first-order chi connectivity index (χ1) is 7.29. The minimum absolute atomic E-state index is 0.236. The van der Waals surface area contributed by atoms with Crippen LogP contribution >= 0.6 is 11.8 Å². The lowest BCUT2D eigenvalue weighted by Gasteiger charge is -2.32. The Bertz CT molecular complexity index is 231. The van der Waals surface area contributed by atoms with Crippen LogP contribution in [-0.4, -0.2) is 36.5 Å². The van der Waals surface area contributed by atoms with Gasteiger partial charge in [0.1, 0.15) is 0 Å². The van der Waals surface area contributed by atoms with E-state index in [9.17, 15) is 4.79 Å². The lowest BCUT2D eigenvalue weighted by atomic mass is 9.93. The Kier molecular flexibility index (Phi) is 3.92. The normalized spacial score (nSPS) is 32.1. The summed E-state index contributed by atoms with van der Waals surface area (Å²) in [6.45, 7) is 1.73. The lowest BCUT2D eigenvalue weighted by molar-refractivity contribution is -0.127. The molecule has 2 aliphatic rings. The molecular weight excluding hydrogens is 208 g/mol. The molecule has 0 aromatic carbocycles. The third kappa shape index (κ3) is 2.88. The minimum atomic E-state index is 0.236. The van der Waals surface area contributed by atoms with Crippen LogP contribution in [0.5, 0.6) is 0 Å². The van der Waals surface area contributed by atoms with Gasteiger partial charge in [-0.1, -0.05) is 6.42 Å². The van der Waals surface area contributed by atoms with Crippen LogP contribution in [0, 0.1) is 5.92 Å². The van der Waals surface area contributed by atoms with Crippen LogP contribution in [0.15, 0.2) is 0 Å². The molecule has 2 N–H and O–H groups in total. The molecule has 3 nitrogen and oxygen atoms in total. The van der Waals surface area contributed by atoms with Gasteiger partial charge < -0.3 is 10.6 Å². The fourth-order valence-electron chi connectivity index (χ4n) is 2.28. The molecule has 0 aromatic heterocycles. The molecule has 1 saturated heterocycles. The van der Waals surface area contributed by atoms with E-state index in [0.29, 0.717) is 6.04 Å². The molecule has 2 unspecified atom stereocenters. The van der Waals surface area contributed by atoms with Crippen LogP contribution in [0.1, 0.15) is 25.7 Å². The molecule has 1 saturated carbocycles. The predicted octanol–water partition coefficient (Wildman–Crippen LogP) is 0.996. The summed E-state index contributed by atoms with van der Waals surface area (Å²) in [7, 11) is 0. The van der Waals surface area contributed by atoms with E-state index in [0.717, 1.165) is 24.8 Å². The second-order valence-electron chi connectivity index (χ2n) is 4.59. The molecule has 4 heteroatoms. The Balaban J connectivity index is 1.75. The Hall–Kier alpha value is -0.220. The lowest BCUT2D eigenvalue weighted by Crippen LogP contribution is -2.53. The maximum absolute atomic E-state index is 11.7. The molecule has 2 atom stereocenters. The third-order valence-corrected chi connectivity index (χ3v) is 4.55. The maximum atomic E-state index is 11.7. The van der Waals surface area contributed by atoms with Crippen molar-refractivity contribution >= 4 is 17.7 Å². The van der Waals surface area contributed by atoms with Gasteiger partial charge in [0.15, 0.2) is 0 Å². The highest BCUT2D eigenvalue weighted by Crippen LogP contribution is 2.27. The molecule has 0 spiro atoms. The number of thioether (sulfide) groups is 1. The van der Waals surface area contributed by atoms with Gasteiger partial charge in [-0.15, -0.1) is 0 Å². The van der Waals surface area contributed by atoms with E-state index in [-0.39, 0.29) is 11.8 Å². The molecule has 0 aromatic rings. The van der Waals surface area contributed by atoms with Crippen LogP contribution in [0.3, 0.4) is 0 Å². The van der Waals surface area contributed by atoms with E-state index < -0.39 is 0 Å². The summed E-state index contributed by atoms with van der Waals surface area (Å²) >= 11 is 1.94. The van der Waals surface area contributed by atoms with Crippen molar-refractivity contribution in [3.05, 3.63) is 0 Å². The summed E-state index contributed by atoms with van der Waals surface area (Å²) in [5.74, 6) is 0.500. The average Bonchev–Trinajstić information content (AvgIpc) is 2.15. The van der Waals surface area contributed by atoms with Crippen molar-refractivity contribution < 1.29 is 4.79 Å². The number of nitrogens with one attached hydrogen (secondary N) is 2. The van der Waals surface area contributed by atoms with Crippen LogP contribution < -0.4 is 10.6 Å². The molecule has 86 valence electrons. The Labute approximate surface area is 95.8 Å². The first-order valence-electron chi connectivity index (χ1n) is 5.83. The number of hydrogen-bond acceptors (Lipinski definition) is 3. The molecule has 15 heavy (non-hydrogen) atoms. The summed E-state index contributed by atoms with van der Waals surface area (Å²) in [4.78, 5) is 11.7. The van der Waals surface area contributed by atoms with Crippen molar-refractivity contribution in [2.75, 3.05) is 19.3 Å². The summed E-state index contributed by atoms with van der Waals surface area (Å²) in [6, 6.07) is 0.435. The van der Waals surface area contributed by atoms with Crippen molar-refractivity contribution in [1.82, 2.24) is 10.6 Å². The highest BCUT2D eigenvalue weighted by Gasteiger charge is 2.28. The second kappa shape index (κ2) is 5.21. The van der Waals surface area contributed by atoms with E-state index in [1.54, 1.807) is 0 Å². The van der Waals surface area contributed by atoms with Crippen LogP contribution in [0.25, 0.3) is 0 Å². The van der Waals surface area contributed by atoms with Gasteiger partial charge in [0, 0.05) is 24.4 Å². The zero-order valence-corrected chi connectivity index (χ0v) is 10.1. The van der Waals surface area contributed by atoms with E-state index >= 15 is 0 Å². The molecular formula is C11H20N2OS. The van der Waals surface area contributed by atoms with Gasteiger partial charge in [0.25, 0.3) is 0 Å². The minimum Gasteiger partial charge on any atom is -0.353 e. The van der Waals surface area contributed by atoms with Gasteiger partial charge in [-0.3, -0.25) is 4.79 Å². The van der Waals surface area contributed by atoms with E-state index in [1.807, 2.05) is 11.8 Å². The average molecular weight is 228 g/mol. The zero-order chi connectivity index (χ0) is 10.7. The second-order valence-corrected chi connectivity index (χ2v) is 5.72. The van der Waals surface area contributed by atoms with Crippen LogP contribution in [0.4, 0.5) is 0 Å². The Morgan fingerprint density at radius 2 is 2.20 bits per heavy atom. The maximum Gasteiger partial charge on any atom is 0.225 e. The van der Waals surface area contributed by atoms with Gasteiger partial charge in [-0.05, 0) is 25.5 Å². The van der Waals surface area contributed by atoms with Gasteiger partial charge >= 0.3 is 0 Å². The number of hydrogen-bond donors (Lipinski definition) is 2. The van der Waals surface area contributed by atoms with Crippen LogP contribution in [0.2, 0.25) is 0 Å². The van der Waals surface area contributed by atoms with Crippen molar-refractivity contribution in [3.63, 3.8) is 0 Å². The highest BCUT2D eigenvalue weighted by molar-refractivity contribution is 7.99. The largest absolute Gasteiger partial charge is 0.353 e. The van der Waals surface area contributed by atoms with Gasteiger partial charge in [0.05, 0.1) is 5.92 Å². The molecule has 1 amide bonds. The standard InChI is InChI=1S/C11H20N2OS/c1-15-10-4-2-3-9(5-10)13-11(14)8-6-12-7-8/h8-10,12H,2-7H2,1H3,(H,13,14). The number of rotatable bonds is 3. The van der Waals surface area contributed by atoms with E-state index in [1.165, 1.54) is 19.3 Å². The molecule has 2 rings (SSSR count). The van der Waals surface area contributed by atoms with Crippen LogP contribution in [-0.2, 0) is 4.79 Å². The van der Waals surface area contributed by atoms with Gasteiger partial charge in [0.2, 0.25) is 5.91 Å².